The monoisotopic (exact) mass is 264 g/mol. The molecule has 2 aromatic rings. The summed E-state index contributed by atoms with van der Waals surface area (Å²) in [6, 6.07) is 6.88. The molecule has 98 valence electrons. The summed E-state index contributed by atoms with van der Waals surface area (Å²) in [5, 5.41) is 0. The number of hydrogen-bond acceptors (Lipinski definition) is 1. The Hall–Kier alpha value is -1.02. The predicted octanol–water partition coefficient (Wildman–Crippen LogP) is 4.34. The molecule has 2 nitrogen and oxygen atoms in total. The Bertz CT molecular complexity index is 543. The molecule has 1 aromatic heterocycles. The zero-order chi connectivity index (χ0) is 13.3. The average molecular weight is 265 g/mol. The molecule has 0 amide bonds. The van der Waals surface area contributed by atoms with E-state index in [2.05, 4.69) is 50.5 Å². The second-order valence-electron chi connectivity index (χ2n) is 5.31. The summed E-state index contributed by atoms with van der Waals surface area (Å²) in [4.78, 5) is 4.73. The molecular weight excluding hydrogens is 244 g/mol. The summed E-state index contributed by atoms with van der Waals surface area (Å²) >= 11 is 5.90. The fourth-order valence-corrected chi connectivity index (χ4v) is 2.44. The minimum Gasteiger partial charge on any atom is -0.325 e. The van der Waals surface area contributed by atoms with Gasteiger partial charge in [0.15, 0.2) is 0 Å². The summed E-state index contributed by atoms with van der Waals surface area (Å²) in [5.41, 5.74) is 3.58. The summed E-state index contributed by atoms with van der Waals surface area (Å²) in [5.74, 6) is 2.30. The molecule has 1 aromatic carbocycles. The molecule has 0 spiro atoms. The van der Waals surface area contributed by atoms with Gasteiger partial charge in [-0.1, -0.05) is 19.9 Å². The third-order valence-corrected chi connectivity index (χ3v) is 3.80. The Labute approximate surface area is 114 Å². The van der Waals surface area contributed by atoms with E-state index in [9.17, 15) is 0 Å². The number of hydrogen-bond donors (Lipinski definition) is 0. The fourth-order valence-electron chi connectivity index (χ4n) is 2.27. The van der Waals surface area contributed by atoms with E-state index in [0.29, 0.717) is 17.8 Å². The molecule has 18 heavy (non-hydrogen) atoms. The van der Waals surface area contributed by atoms with Crippen molar-refractivity contribution in [2.45, 2.75) is 40.2 Å². The largest absolute Gasteiger partial charge is 0.325 e. The van der Waals surface area contributed by atoms with Crippen molar-refractivity contribution >= 4 is 22.6 Å². The summed E-state index contributed by atoms with van der Waals surface area (Å²) in [6.07, 6.45) is 0.826. The van der Waals surface area contributed by atoms with Gasteiger partial charge >= 0.3 is 0 Å². The summed E-state index contributed by atoms with van der Waals surface area (Å²) in [6.45, 7) is 8.87. The molecular formula is C15H21ClN2. The van der Waals surface area contributed by atoms with Crippen molar-refractivity contribution in [3.63, 3.8) is 0 Å². The number of halogens is 1. The van der Waals surface area contributed by atoms with Gasteiger partial charge in [-0.3, -0.25) is 0 Å². The maximum absolute atomic E-state index is 5.90. The summed E-state index contributed by atoms with van der Waals surface area (Å²) in [7, 11) is 0. The number of imidazole rings is 1. The van der Waals surface area contributed by atoms with Gasteiger partial charge in [0.1, 0.15) is 5.82 Å². The summed E-state index contributed by atoms with van der Waals surface area (Å²) < 4.78 is 2.36. The second-order valence-corrected chi connectivity index (χ2v) is 5.69. The topological polar surface area (TPSA) is 17.8 Å². The molecule has 1 unspecified atom stereocenters. The predicted molar refractivity (Wildman–Crippen MR) is 78.4 cm³/mol. The number of benzene rings is 1. The molecule has 3 heteroatoms. The smallest absolute Gasteiger partial charge is 0.111 e. The number of nitrogens with zero attached hydrogens (tertiary/aromatic N) is 2. The Balaban J connectivity index is 2.64. The Morgan fingerprint density at radius 2 is 2.00 bits per heavy atom. The number of alkyl halides is 1. The van der Waals surface area contributed by atoms with Crippen LogP contribution in [0.2, 0.25) is 0 Å². The van der Waals surface area contributed by atoms with Crippen LogP contribution in [0.3, 0.4) is 0 Å². The third-order valence-electron chi connectivity index (χ3n) is 3.61. The molecule has 0 aliphatic heterocycles. The van der Waals surface area contributed by atoms with Crippen molar-refractivity contribution < 1.29 is 0 Å². The molecule has 0 aliphatic carbocycles. The lowest BCUT2D eigenvalue weighted by Crippen LogP contribution is -2.15. The number of fused-ring (bicyclic) bond motifs is 1. The van der Waals surface area contributed by atoms with Gasteiger partial charge in [0.2, 0.25) is 0 Å². The zero-order valence-electron chi connectivity index (χ0n) is 11.6. The van der Waals surface area contributed by atoms with E-state index in [1.54, 1.807) is 0 Å². The molecule has 0 aliphatic rings. The van der Waals surface area contributed by atoms with Crippen molar-refractivity contribution in [2.24, 2.45) is 5.92 Å². The number of rotatable bonds is 4. The van der Waals surface area contributed by atoms with Crippen molar-refractivity contribution in [1.82, 2.24) is 9.55 Å². The molecule has 0 saturated carbocycles. The van der Waals surface area contributed by atoms with Gasteiger partial charge < -0.3 is 4.57 Å². The van der Waals surface area contributed by atoms with Gasteiger partial charge in [-0.15, -0.1) is 11.6 Å². The molecule has 1 atom stereocenters. The zero-order valence-corrected chi connectivity index (χ0v) is 12.3. The maximum Gasteiger partial charge on any atom is 0.111 e. The fraction of sp³-hybridized carbons (Fsp3) is 0.533. The van der Waals surface area contributed by atoms with E-state index < -0.39 is 0 Å². The van der Waals surface area contributed by atoms with Crippen LogP contribution in [0.5, 0.6) is 0 Å². The van der Waals surface area contributed by atoms with Gasteiger partial charge in [0.05, 0.1) is 11.0 Å². The average Bonchev–Trinajstić information content (AvgIpc) is 2.66. The first-order valence-corrected chi connectivity index (χ1v) is 7.11. The van der Waals surface area contributed by atoms with Crippen molar-refractivity contribution in [1.29, 1.82) is 0 Å². The van der Waals surface area contributed by atoms with E-state index in [0.717, 1.165) is 17.8 Å². The minimum atomic E-state index is 0.440. The quantitative estimate of drug-likeness (QED) is 0.751. The highest BCUT2D eigenvalue weighted by molar-refractivity contribution is 6.17. The molecule has 0 bridgehead atoms. The first-order chi connectivity index (χ1) is 8.54. The van der Waals surface area contributed by atoms with Crippen LogP contribution in [0, 0.1) is 12.8 Å². The van der Waals surface area contributed by atoms with Gasteiger partial charge in [0, 0.05) is 18.3 Å². The van der Waals surface area contributed by atoms with E-state index in [-0.39, 0.29) is 0 Å². The van der Waals surface area contributed by atoms with Crippen molar-refractivity contribution in [3.8, 4) is 0 Å². The van der Waals surface area contributed by atoms with Crippen LogP contribution < -0.4 is 0 Å². The van der Waals surface area contributed by atoms with Crippen molar-refractivity contribution in [2.75, 3.05) is 5.88 Å². The molecule has 0 saturated heterocycles. The highest BCUT2D eigenvalue weighted by atomic mass is 35.5. The van der Waals surface area contributed by atoms with E-state index in [1.165, 1.54) is 11.1 Å². The second kappa shape index (κ2) is 5.31. The SMILES string of the molecule is Cc1ccc2nc(CCCl)n(C(C)C(C)C)c2c1. The number of aromatic nitrogens is 2. The number of aryl methyl sites for hydroxylation is 2. The lowest BCUT2D eigenvalue weighted by atomic mass is 10.1. The van der Waals surface area contributed by atoms with Crippen LogP contribution in [-0.4, -0.2) is 15.4 Å². The van der Waals surface area contributed by atoms with Gasteiger partial charge in [0.25, 0.3) is 0 Å². The lowest BCUT2D eigenvalue weighted by molar-refractivity contribution is 0.406. The first kappa shape index (κ1) is 13.4. The van der Waals surface area contributed by atoms with Gasteiger partial charge in [-0.05, 0) is 37.5 Å². The minimum absolute atomic E-state index is 0.440. The molecule has 0 radical (unpaired) electrons. The van der Waals surface area contributed by atoms with E-state index in [1.807, 2.05) is 0 Å². The molecule has 0 N–H and O–H groups in total. The Morgan fingerprint density at radius 3 is 2.61 bits per heavy atom. The first-order valence-electron chi connectivity index (χ1n) is 6.58. The van der Waals surface area contributed by atoms with Crippen LogP contribution >= 0.6 is 11.6 Å². The van der Waals surface area contributed by atoms with E-state index in [4.69, 9.17) is 16.6 Å². The normalized spacial score (nSPS) is 13.4. The van der Waals surface area contributed by atoms with Crippen LogP contribution in [0.25, 0.3) is 11.0 Å². The molecule has 2 rings (SSSR count). The van der Waals surface area contributed by atoms with Crippen molar-refractivity contribution in [3.05, 3.63) is 29.6 Å². The van der Waals surface area contributed by atoms with Crippen LogP contribution in [0.1, 0.15) is 38.2 Å². The van der Waals surface area contributed by atoms with Crippen LogP contribution in [0.15, 0.2) is 18.2 Å². The lowest BCUT2D eigenvalue weighted by Gasteiger charge is -2.21. The van der Waals surface area contributed by atoms with Gasteiger partial charge in [-0.25, -0.2) is 4.98 Å². The Morgan fingerprint density at radius 1 is 1.28 bits per heavy atom. The molecule has 0 fully saturated rings. The molecule has 1 heterocycles. The highest BCUT2D eigenvalue weighted by Gasteiger charge is 2.17. The maximum atomic E-state index is 5.90. The Kier molecular flexibility index (Phi) is 3.96. The highest BCUT2D eigenvalue weighted by Crippen LogP contribution is 2.27. The van der Waals surface area contributed by atoms with E-state index >= 15 is 0 Å². The van der Waals surface area contributed by atoms with Crippen LogP contribution in [0.4, 0.5) is 0 Å². The third kappa shape index (κ3) is 2.39. The standard InChI is InChI=1S/C15H21ClN2/c1-10(2)12(4)18-14-9-11(3)5-6-13(14)17-15(18)7-8-16/h5-6,9-10,12H,7-8H2,1-4H3. The van der Waals surface area contributed by atoms with Crippen LogP contribution in [-0.2, 0) is 6.42 Å². The van der Waals surface area contributed by atoms with Gasteiger partial charge in [-0.2, -0.15) is 0 Å².